The smallest absolute Gasteiger partial charge is 0.412 e. The van der Waals surface area contributed by atoms with E-state index in [1.165, 1.54) is 18.5 Å². The van der Waals surface area contributed by atoms with Crippen LogP contribution in [0.1, 0.15) is 94.6 Å². The average molecular weight is 675 g/mol. The number of aromatic nitrogens is 2. The monoisotopic (exact) mass is 674 g/mol. The molecule has 1 fully saturated rings. The van der Waals surface area contributed by atoms with Crippen LogP contribution >= 0.6 is 11.6 Å². The molecule has 2 amide bonds. The number of amides is 2. The molecular weight excluding hydrogens is 632 g/mol. The van der Waals surface area contributed by atoms with Crippen LogP contribution in [-0.2, 0) is 23.7 Å². The Labute approximate surface area is 280 Å². The first kappa shape index (κ1) is 38.8. The van der Waals surface area contributed by atoms with E-state index in [-0.39, 0.29) is 46.8 Å². The van der Waals surface area contributed by atoms with Crippen molar-refractivity contribution in [2.24, 2.45) is 5.92 Å². The first-order chi connectivity index (χ1) is 22.0. The van der Waals surface area contributed by atoms with E-state index >= 15 is 0 Å². The predicted molar refractivity (Wildman–Crippen MR) is 176 cm³/mol. The Morgan fingerprint density at radius 3 is 1.77 bits per heavy atom. The van der Waals surface area contributed by atoms with E-state index in [2.05, 4.69) is 32.4 Å². The number of esters is 2. The summed E-state index contributed by atoms with van der Waals surface area (Å²) in [5, 5.41) is 5.20. The van der Waals surface area contributed by atoms with Crippen LogP contribution in [0.2, 0.25) is 5.15 Å². The highest BCUT2D eigenvalue weighted by atomic mass is 35.5. The van der Waals surface area contributed by atoms with Gasteiger partial charge in [0.05, 0.1) is 24.6 Å². The van der Waals surface area contributed by atoms with Gasteiger partial charge < -0.3 is 23.7 Å². The van der Waals surface area contributed by atoms with Crippen molar-refractivity contribution in [3.05, 3.63) is 46.5 Å². The second kappa shape index (κ2) is 18.1. The molecule has 1 aliphatic heterocycles. The van der Waals surface area contributed by atoms with Crippen molar-refractivity contribution in [2.45, 2.75) is 79.4 Å². The van der Waals surface area contributed by atoms with Gasteiger partial charge in [-0.2, -0.15) is 0 Å². The zero-order valence-corrected chi connectivity index (χ0v) is 28.8. The van der Waals surface area contributed by atoms with Gasteiger partial charge in [0.15, 0.2) is 0 Å². The van der Waals surface area contributed by atoms with E-state index in [1.807, 2.05) is 0 Å². The third-order valence-corrected chi connectivity index (χ3v) is 5.87. The highest BCUT2D eigenvalue weighted by Crippen LogP contribution is 2.22. The average Bonchev–Trinajstić information content (AvgIpc) is 2.95. The minimum Gasteiger partial charge on any atom is -0.462 e. The maximum Gasteiger partial charge on any atom is 0.412 e. The van der Waals surface area contributed by atoms with Crippen LogP contribution in [0.3, 0.4) is 0 Å². The third-order valence-electron chi connectivity index (χ3n) is 5.66. The van der Waals surface area contributed by atoms with E-state index < -0.39 is 35.3 Å². The van der Waals surface area contributed by atoms with E-state index in [0.29, 0.717) is 18.9 Å². The first-order valence-electron chi connectivity index (χ1n) is 15.1. The summed E-state index contributed by atoms with van der Waals surface area (Å²) in [5.41, 5.74) is -0.133. The number of pyridine rings is 2. The van der Waals surface area contributed by atoms with Crippen LogP contribution in [-0.4, -0.2) is 71.7 Å². The van der Waals surface area contributed by atoms with Crippen LogP contribution in [0, 0.1) is 17.8 Å². The predicted octanol–water partition coefficient (Wildman–Crippen LogP) is 6.64. The molecular formula is C33H43ClN4O9. The van der Waals surface area contributed by atoms with Gasteiger partial charge in [0.1, 0.15) is 33.2 Å². The molecule has 47 heavy (non-hydrogen) atoms. The topological polar surface area (TPSA) is 164 Å². The standard InChI is InChI=1S/C20H26N2O5.C13H17ClN2O4/c1-5-26-18(23)16-13-21-15(7-6-14-8-10-25-11-9-14)12-17(16)22-19(24)27-20(2,3)4;1-5-19-11(17)8-7-15-10(14)6-9(8)16-12(18)20-13(2,3)4/h12-14H,5,8-11H2,1-4H3,(H,21,22,24);6-7H,5H2,1-4H3,(H,15,16,18). The Morgan fingerprint density at radius 2 is 1.30 bits per heavy atom. The van der Waals surface area contributed by atoms with E-state index in [0.717, 1.165) is 12.8 Å². The van der Waals surface area contributed by atoms with Gasteiger partial charge in [0, 0.05) is 37.6 Å². The fraction of sp³-hybridized carbons (Fsp3) is 0.515. The number of nitrogens with zero attached hydrogens (tertiary/aromatic N) is 2. The summed E-state index contributed by atoms with van der Waals surface area (Å²) in [7, 11) is 0. The molecule has 0 spiro atoms. The zero-order valence-electron chi connectivity index (χ0n) is 28.1. The van der Waals surface area contributed by atoms with Gasteiger partial charge in [0.2, 0.25) is 0 Å². The summed E-state index contributed by atoms with van der Waals surface area (Å²) < 4.78 is 25.6. The van der Waals surface area contributed by atoms with Crippen molar-refractivity contribution in [2.75, 3.05) is 37.1 Å². The number of hydrogen-bond acceptors (Lipinski definition) is 11. The minimum atomic E-state index is -0.690. The summed E-state index contributed by atoms with van der Waals surface area (Å²) in [6.07, 6.45) is 3.02. The minimum absolute atomic E-state index is 0.113. The number of carbonyl (C=O) groups is 4. The molecule has 2 N–H and O–H groups in total. The van der Waals surface area contributed by atoms with E-state index in [9.17, 15) is 19.2 Å². The van der Waals surface area contributed by atoms with Crippen LogP contribution in [0.5, 0.6) is 0 Å². The summed E-state index contributed by atoms with van der Waals surface area (Å²) in [5.74, 6) is 5.28. The maximum absolute atomic E-state index is 12.1. The molecule has 0 saturated carbocycles. The third kappa shape index (κ3) is 14.7. The van der Waals surface area contributed by atoms with Gasteiger partial charge >= 0.3 is 24.1 Å². The van der Waals surface area contributed by atoms with Gasteiger partial charge in [0.25, 0.3) is 0 Å². The fourth-order valence-corrected chi connectivity index (χ4v) is 3.91. The molecule has 1 saturated heterocycles. The Bertz CT molecular complexity index is 1470. The lowest BCUT2D eigenvalue weighted by atomic mass is 10.0. The van der Waals surface area contributed by atoms with Crippen molar-refractivity contribution in [1.82, 2.24) is 9.97 Å². The highest BCUT2D eigenvalue weighted by molar-refractivity contribution is 6.29. The number of ether oxygens (including phenoxy) is 5. The van der Waals surface area contributed by atoms with Crippen LogP contribution in [0.25, 0.3) is 0 Å². The molecule has 0 atom stereocenters. The molecule has 256 valence electrons. The normalized spacial score (nSPS) is 13.0. The molecule has 0 aromatic carbocycles. The Kier molecular flexibility index (Phi) is 14.9. The van der Waals surface area contributed by atoms with Crippen LogP contribution in [0.4, 0.5) is 21.0 Å². The quantitative estimate of drug-likeness (QED) is 0.146. The number of carbonyl (C=O) groups excluding carboxylic acids is 4. The Balaban J connectivity index is 0.000000343. The van der Waals surface area contributed by atoms with E-state index in [1.54, 1.807) is 61.5 Å². The van der Waals surface area contributed by atoms with Crippen molar-refractivity contribution in [3.63, 3.8) is 0 Å². The molecule has 1 aliphatic rings. The lowest BCUT2D eigenvalue weighted by Crippen LogP contribution is -2.28. The summed E-state index contributed by atoms with van der Waals surface area (Å²) >= 11 is 5.76. The van der Waals surface area contributed by atoms with Gasteiger partial charge in [-0.1, -0.05) is 17.5 Å². The maximum atomic E-state index is 12.1. The molecule has 13 nitrogen and oxygen atoms in total. The van der Waals surface area contributed by atoms with Crippen molar-refractivity contribution in [1.29, 1.82) is 0 Å². The fourth-order valence-electron chi connectivity index (χ4n) is 3.75. The summed E-state index contributed by atoms with van der Waals surface area (Å²) in [6, 6.07) is 2.92. The molecule has 0 radical (unpaired) electrons. The number of nitrogens with one attached hydrogen (secondary N) is 2. The number of hydrogen-bond donors (Lipinski definition) is 2. The second-order valence-corrected chi connectivity index (χ2v) is 12.4. The van der Waals surface area contributed by atoms with Gasteiger partial charge in [-0.05, 0) is 80.2 Å². The molecule has 0 aliphatic carbocycles. The summed E-state index contributed by atoms with van der Waals surface area (Å²) in [4.78, 5) is 55.7. The van der Waals surface area contributed by atoms with Crippen molar-refractivity contribution < 1.29 is 42.9 Å². The van der Waals surface area contributed by atoms with E-state index in [4.69, 9.17) is 35.3 Å². The largest absolute Gasteiger partial charge is 0.462 e. The molecule has 14 heteroatoms. The number of anilines is 2. The Morgan fingerprint density at radius 1 is 0.830 bits per heavy atom. The number of halogens is 1. The molecule has 3 rings (SSSR count). The molecule has 2 aromatic heterocycles. The lowest BCUT2D eigenvalue weighted by molar-refractivity contribution is 0.0516. The Hall–Kier alpha value is -4.41. The zero-order chi connectivity index (χ0) is 35.2. The van der Waals surface area contributed by atoms with Crippen LogP contribution in [0.15, 0.2) is 24.5 Å². The van der Waals surface area contributed by atoms with Gasteiger partial charge in [-0.25, -0.2) is 29.1 Å². The summed E-state index contributed by atoms with van der Waals surface area (Å²) in [6.45, 7) is 15.7. The highest BCUT2D eigenvalue weighted by Gasteiger charge is 2.22. The second-order valence-electron chi connectivity index (χ2n) is 12.0. The SMILES string of the molecule is CCOC(=O)c1cnc(C#CC2CCOCC2)cc1NC(=O)OC(C)(C)C.CCOC(=O)c1cnc(Cl)cc1NC(=O)OC(C)(C)C. The number of rotatable bonds is 6. The van der Waals surface area contributed by atoms with Gasteiger partial charge in [-0.15, -0.1) is 0 Å². The molecule has 0 bridgehead atoms. The van der Waals surface area contributed by atoms with Crippen molar-refractivity contribution >= 4 is 47.1 Å². The lowest BCUT2D eigenvalue weighted by Gasteiger charge is -2.20. The molecule has 3 heterocycles. The first-order valence-corrected chi connectivity index (χ1v) is 15.5. The molecule has 0 unspecified atom stereocenters. The van der Waals surface area contributed by atoms with Crippen LogP contribution < -0.4 is 10.6 Å². The van der Waals surface area contributed by atoms with Crippen molar-refractivity contribution in [3.8, 4) is 11.8 Å². The molecule has 2 aromatic rings. The van der Waals surface area contributed by atoms with Gasteiger partial charge in [-0.3, -0.25) is 10.6 Å².